The number of aryl methyl sites for hydroxylation is 1. The zero-order chi connectivity index (χ0) is 13.8. The average Bonchev–Trinajstić information content (AvgIpc) is 2.97. The van der Waals surface area contributed by atoms with Crippen LogP contribution in [0.15, 0.2) is 12.4 Å². The van der Waals surface area contributed by atoms with Crippen molar-refractivity contribution in [3.8, 4) is 0 Å². The predicted molar refractivity (Wildman–Crippen MR) is 69.6 cm³/mol. The fourth-order valence-corrected chi connectivity index (χ4v) is 2.58. The molecule has 0 spiro atoms. The van der Waals surface area contributed by atoms with Crippen LogP contribution >= 0.6 is 0 Å². The van der Waals surface area contributed by atoms with E-state index in [-0.39, 0.29) is 6.04 Å². The van der Waals surface area contributed by atoms with Crippen LogP contribution in [0.3, 0.4) is 0 Å². The number of rotatable bonds is 6. The normalized spacial score (nSPS) is 23.1. The molecule has 1 N–H and O–H groups in total. The van der Waals surface area contributed by atoms with Crippen molar-refractivity contribution in [2.45, 2.75) is 25.9 Å². The van der Waals surface area contributed by atoms with Crippen LogP contribution in [0.5, 0.6) is 0 Å². The third kappa shape index (κ3) is 3.33. The number of aliphatic carboxylic acids is 1. The third-order valence-corrected chi connectivity index (χ3v) is 3.49. The lowest BCUT2D eigenvalue weighted by Gasteiger charge is -2.29. The molecule has 6 heteroatoms. The van der Waals surface area contributed by atoms with E-state index in [9.17, 15) is 9.90 Å². The smallest absolute Gasteiger partial charge is 0.310 e. The zero-order valence-corrected chi connectivity index (χ0v) is 11.5. The molecule has 1 aliphatic heterocycles. The summed E-state index contributed by atoms with van der Waals surface area (Å²) in [7, 11) is 1.88. The summed E-state index contributed by atoms with van der Waals surface area (Å²) in [5, 5.41) is 13.4. The number of hydrogen-bond acceptors (Lipinski definition) is 4. The molecule has 1 aromatic heterocycles. The summed E-state index contributed by atoms with van der Waals surface area (Å²) in [5.41, 5.74) is 1.10. The molecule has 0 radical (unpaired) electrons. The van der Waals surface area contributed by atoms with Crippen molar-refractivity contribution in [1.82, 2.24) is 14.7 Å². The van der Waals surface area contributed by atoms with Gasteiger partial charge in [-0.05, 0) is 13.0 Å². The quantitative estimate of drug-likeness (QED) is 0.823. The van der Waals surface area contributed by atoms with E-state index in [0.717, 1.165) is 25.1 Å². The van der Waals surface area contributed by atoms with Gasteiger partial charge in [0.1, 0.15) is 0 Å². The van der Waals surface area contributed by atoms with Crippen LogP contribution in [0.2, 0.25) is 0 Å². The highest BCUT2D eigenvalue weighted by Gasteiger charge is 2.37. The van der Waals surface area contributed by atoms with Gasteiger partial charge in [0.15, 0.2) is 0 Å². The highest BCUT2D eigenvalue weighted by atomic mass is 16.5. The number of carboxylic acids is 1. The molecule has 106 valence electrons. The molecule has 2 rings (SSSR count). The second-order valence-electron chi connectivity index (χ2n) is 5.04. The third-order valence-electron chi connectivity index (χ3n) is 3.49. The maximum absolute atomic E-state index is 11.3. The van der Waals surface area contributed by atoms with Crippen molar-refractivity contribution in [3.63, 3.8) is 0 Å². The SMILES string of the molecule is CCCN(Cc1cnn(C)c1)C1COCC1C(=O)O. The molecular formula is C13H21N3O3. The first-order valence-electron chi connectivity index (χ1n) is 6.64. The molecule has 0 aliphatic carbocycles. The Balaban J connectivity index is 2.08. The molecule has 0 aromatic carbocycles. The van der Waals surface area contributed by atoms with E-state index in [1.165, 1.54) is 0 Å². The molecule has 1 fully saturated rings. The van der Waals surface area contributed by atoms with E-state index < -0.39 is 11.9 Å². The fraction of sp³-hybridized carbons (Fsp3) is 0.692. The molecule has 0 bridgehead atoms. The number of ether oxygens (including phenoxy) is 1. The zero-order valence-electron chi connectivity index (χ0n) is 11.5. The van der Waals surface area contributed by atoms with Crippen LogP contribution < -0.4 is 0 Å². The Bertz CT molecular complexity index is 433. The lowest BCUT2D eigenvalue weighted by atomic mass is 10.0. The Labute approximate surface area is 113 Å². The van der Waals surface area contributed by atoms with Crippen molar-refractivity contribution in [2.24, 2.45) is 13.0 Å². The minimum Gasteiger partial charge on any atom is -0.481 e. The van der Waals surface area contributed by atoms with Crippen molar-refractivity contribution >= 4 is 5.97 Å². The van der Waals surface area contributed by atoms with Gasteiger partial charge < -0.3 is 9.84 Å². The van der Waals surface area contributed by atoms with Crippen LogP contribution in [-0.4, -0.2) is 51.6 Å². The number of hydrogen-bond donors (Lipinski definition) is 1. The standard InChI is InChI=1S/C13H21N3O3/c1-3-4-16(7-10-5-14-15(2)6-10)12-9-19-8-11(12)13(17)18/h5-6,11-12H,3-4,7-9H2,1-2H3,(H,17,18). The average molecular weight is 267 g/mol. The molecule has 6 nitrogen and oxygen atoms in total. The largest absolute Gasteiger partial charge is 0.481 e. The van der Waals surface area contributed by atoms with Gasteiger partial charge in [-0.2, -0.15) is 5.10 Å². The summed E-state index contributed by atoms with van der Waals surface area (Å²) < 4.78 is 7.12. The summed E-state index contributed by atoms with van der Waals surface area (Å²) in [6.07, 6.45) is 4.78. The van der Waals surface area contributed by atoms with E-state index in [0.29, 0.717) is 13.2 Å². The number of aromatic nitrogens is 2. The lowest BCUT2D eigenvalue weighted by Crippen LogP contribution is -2.43. The van der Waals surface area contributed by atoms with Gasteiger partial charge in [0.05, 0.1) is 25.3 Å². The predicted octanol–water partition coefficient (Wildman–Crippen LogP) is 0.732. The highest BCUT2D eigenvalue weighted by molar-refractivity contribution is 5.71. The second-order valence-corrected chi connectivity index (χ2v) is 5.04. The van der Waals surface area contributed by atoms with Gasteiger partial charge in [0, 0.05) is 31.4 Å². The number of carboxylic acid groups (broad SMARTS) is 1. The summed E-state index contributed by atoms with van der Waals surface area (Å²) in [5.74, 6) is -1.20. The maximum Gasteiger partial charge on any atom is 0.310 e. The first-order chi connectivity index (χ1) is 9.11. The van der Waals surface area contributed by atoms with Gasteiger partial charge in [-0.3, -0.25) is 14.4 Å². The maximum atomic E-state index is 11.3. The van der Waals surface area contributed by atoms with Crippen molar-refractivity contribution in [2.75, 3.05) is 19.8 Å². The molecule has 1 aromatic rings. The van der Waals surface area contributed by atoms with Gasteiger partial charge in [-0.1, -0.05) is 6.92 Å². The van der Waals surface area contributed by atoms with E-state index in [1.807, 2.05) is 19.4 Å². The minimum absolute atomic E-state index is 0.0438. The Morgan fingerprint density at radius 1 is 1.63 bits per heavy atom. The second kappa shape index (κ2) is 6.16. The van der Waals surface area contributed by atoms with Crippen LogP contribution in [0.4, 0.5) is 0 Å². The van der Waals surface area contributed by atoms with Gasteiger partial charge in [0.2, 0.25) is 0 Å². The van der Waals surface area contributed by atoms with Crippen molar-refractivity contribution in [1.29, 1.82) is 0 Å². The van der Waals surface area contributed by atoms with Crippen molar-refractivity contribution < 1.29 is 14.6 Å². The first-order valence-corrected chi connectivity index (χ1v) is 6.64. The Hall–Kier alpha value is -1.40. The molecule has 2 heterocycles. The monoisotopic (exact) mass is 267 g/mol. The van der Waals surface area contributed by atoms with Crippen LogP contribution in [0, 0.1) is 5.92 Å². The molecule has 2 unspecified atom stereocenters. The highest BCUT2D eigenvalue weighted by Crippen LogP contribution is 2.22. The Morgan fingerprint density at radius 3 is 3.00 bits per heavy atom. The van der Waals surface area contributed by atoms with Crippen LogP contribution in [0.25, 0.3) is 0 Å². The van der Waals surface area contributed by atoms with Crippen LogP contribution in [-0.2, 0) is 23.1 Å². The number of carbonyl (C=O) groups is 1. The van der Waals surface area contributed by atoms with Gasteiger partial charge in [-0.25, -0.2) is 0 Å². The molecule has 1 saturated heterocycles. The summed E-state index contributed by atoms with van der Waals surface area (Å²) in [6.45, 7) is 4.50. The van der Waals surface area contributed by atoms with E-state index in [4.69, 9.17) is 4.74 Å². The fourth-order valence-electron chi connectivity index (χ4n) is 2.58. The van der Waals surface area contributed by atoms with Gasteiger partial charge in [-0.15, -0.1) is 0 Å². The van der Waals surface area contributed by atoms with Gasteiger partial charge in [0.25, 0.3) is 0 Å². The summed E-state index contributed by atoms with van der Waals surface area (Å²) in [6, 6.07) is -0.0438. The Kier molecular flexibility index (Phi) is 4.55. The molecule has 0 amide bonds. The molecule has 2 atom stereocenters. The number of nitrogens with zero attached hydrogens (tertiary/aromatic N) is 3. The molecule has 0 saturated carbocycles. The van der Waals surface area contributed by atoms with Crippen LogP contribution in [0.1, 0.15) is 18.9 Å². The Morgan fingerprint density at radius 2 is 2.42 bits per heavy atom. The van der Waals surface area contributed by atoms with Crippen molar-refractivity contribution in [3.05, 3.63) is 18.0 Å². The van der Waals surface area contributed by atoms with E-state index in [1.54, 1.807) is 4.68 Å². The van der Waals surface area contributed by atoms with E-state index >= 15 is 0 Å². The van der Waals surface area contributed by atoms with E-state index in [2.05, 4.69) is 16.9 Å². The minimum atomic E-state index is -0.769. The summed E-state index contributed by atoms with van der Waals surface area (Å²) in [4.78, 5) is 13.5. The molecule has 19 heavy (non-hydrogen) atoms. The summed E-state index contributed by atoms with van der Waals surface area (Å²) >= 11 is 0. The topological polar surface area (TPSA) is 67.6 Å². The lowest BCUT2D eigenvalue weighted by molar-refractivity contribution is -0.143. The first kappa shape index (κ1) is 14.0. The molecule has 1 aliphatic rings. The van der Waals surface area contributed by atoms with Gasteiger partial charge >= 0.3 is 5.97 Å². The molecular weight excluding hydrogens is 246 g/mol.